The normalized spacial score (nSPS) is 14.9. The molecular weight excluding hydrogens is 665 g/mol. The molecule has 0 saturated heterocycles. The molecule has 2 unspecified atom stereocenters. The highest BCUT2D eigenvalue weighted by atomic mass is 32.2. The van der Waals surface area contributed by atoms with Gasteiger partial charge in [-0.15, -0.1) is 23.1 Å². The van der Waals surface area contributed by atoms with Crippen LogP contribution in [0, 0.1) is 22.7 Å². The Balaban J connectivity index is 1.31. The zero-order chi connectivity index (χ0) is 35.8. The summed E-state index contributed by atoms with van der Waals surface area (Å²) in [5.41, 5.74) is 3.42. The SMILES string of the molecule is CCC(Sc1cccc(NC(=O)/C(=C\c2ccccc2OC)NC(=O)c2ccccc2)c1)C(=O)Nc1sc2c(c1C#N)CCC(C(C)(C)C)C2. The van der Waals surface area contributed by atoms with E-state index in [4.69, 9.17) is 4.74 Å². The van der Waals surface area contributed by atoms with E-state index in [9.17, 15) is 19.6 Å². The van der Waals surface area contributed by atoms with Gasteiger partial charge in [-0.3, -0.25) is 14.4 Å². The number of carbonyl (C=O) groups excluding carboxylic acids is 3. The standard InChI is InChI=1S/C40H42N4O4S2/c1-6-34(38(47)44-39-31(24-41)30-20-19-27(40(2,3)4)22-35(30)50-39)49-29-17-12-16-28(23-29)42-37(46)32(21-26-15-10-11-18-33(26)48-5)43-36(45)25-13-8-7-9-14-25/h7-18,21,23,27,34H,6,19-20,22H2,1-5H3,(H,42,46)(H,43,45)(H,44,47)/b32-21+. The first-order chi connectivity index (χ1) is 24.0. The second kappa shape index (κ2) is 16.2. The Morgan fingerprint density at radius 2 is 1.78 bits per heavy atom. The second-order valence-corrected chi connectivity index (χ2v) is 15.6. The number of thioether (sulfide) groups is 1. The fraction of sp³-hybridized carbons (Fsp3) is 0.300. The van der Waals surface area contributed by atoms with Crippen molar-refractivity contribution in [1.29, 1.82) is 5.26 Å². The van der Waals surface area contributed by atoms with E-state index in [-0.39, 0.29) is 17.0 Å². The van der Waals surface area contributed by atoms with Crippen molar-refractivity contribution >= 4 is 57.6 Å². The van der Waals surface area contributed by atoms with Crippen molar-refractivity contribution in [1.82, 2.24) is 5.32 Å². The summed E-state index contributed by atoms with van der Waals surface area (Å²) >= 11 is 2.92. The third-order valence-electron chi connectivity index (χ3n) is 8.84. The van der Waals surface area contributed by atoms with Crippen LogP contribution in [0.1, 0.15) is 72.5 Å². The summed E-state index contributed by atoms with van der Waals surface area (Å²) < 4.78 is 5.46. The van der Waals surface area contributed by atoms with Gasteiger partial charge in [0, 0.05) is 26.6 Å². The summed E-state index contributed by atoms with van der Waals surface area (Å²) in [6, 6.07) is 25.5. The Kier molecular flexibility index (Phi) is 11.8. The monoisotopic (exact) mass is 706 g/mol. The molecule has 3 amide bonds. The van der Waals surface area contributed by atoms with Gasteiger partial charge in [-0.05, 0) is 85.1 Å². The van der Waals surface area contributed by atoms with E-state index in [1.54, 1.807) is 61.7 Å². The maximum absolute atomic E-state index is 13.7. The zero-order valence-corrected chi connectivity index (χ0v) is 30.6. The molecule has 0 saturated carbocycles. The molecule has 0 aliphatic heterocycles. The average molecular weight is 707 g/mol. The van der Waals surface area contributed by atoms with Gasteiger partial charge in [-0.1, -0.05) is 70.2 Å². The van der Waals surface area contributed by atoms with Crippen LogP contribution in [0.2, 0.25) is 0 Å². The number of amides is 3. The number of para-hydroxylation sites is 1. The molecule has 0 radical (unpaired) electrons. The second-order valence-electron chi connectivity index (χ2n) is 13.2. The van der Waals surface area contributed by atoms with E-state index >= 15 is 0 Å². The number of nitrogens with one attached hydrogen (secondary N) is 3. The van der Waals surface area contributed by atoms with Crippen LogP contribution in [-0.4, -0.2) is 30.1 Å². The Morgan fingerprint density at radius 1 is 1.04 bits per heavy atom. The van der Waals surface area contributed by atoms with Crippen molar-refractivity contribution in [3.63, 3.8) is 0 Å². The lowest BCUT2D eigenvalue weighted by atomic mass is 9.72. The molecule has 1 aliphatic carbocycles. The number of benzene rings is 3. The quantitative estimate of drug-likeness (QED) is 0.106. The van der Waals surface area contributed by atoms with Gasteiger partial charge in [-0.25, -0.2) is 0 Å². The molecule has 258 valence electrons. The van der Waals surface area contributed by atoms with Gasteiger partial charge in [0.1, 0.15) is 22.5 Å². The highest BCUT2D eigenvalue weighted by Crippen LogP contribution is 2.44. The van der Waals surface area contributed by atoms with Crippen LogP contribution < -0.4 is 20.7 Å². The maximum atomic E-state index is 13.7. The molecule has 1 heterocycles. The van der Waals surface area contributed by atoms with Gasteiger partial charge < -0.3 is 20.7 Å². The van der Waals surface area contributed by atoms with Crippen molar-refractivity contribution in [3.8, 4) is 11.8 Å². The maximum Gasteiger partial charge on any atom is 0.272 e. The Bertz CT molecular complexity index is 1940. The number of hydrogen-bond donors (Lipinski definition) is 3. The van der Waals surface area contributed by atoms with Crippen molar-refractivity contribution in [2.24, 2.45) is 11.3 Å². The lowest BCUT2D eigenvalue weighted by Gasteiger charge is -2.33. The van der Waals surface area contributed by atoms with Crippen LogP contribution in [0.4, 0.5) is 10.7 Å². The zero-order valence-electron chi connectivity index (χ0n) is 29.0. The number of carbonyl (C=O) groups is 3. The van der Waals surface area contributed by atoms with Crippen LogP contribution in [0.25, 0.3) is 6.08 Å². The molecular formula is C40H42N4O4S2. The lowest BCUT2D eigenvalue weighted by Crippen LogP contribution is -2.30. The van der Waals surface area contributed by atoms with E-state index in [1.165, 1.54) is 28.0 Å². The third kappa shape index (κ3) is 8.84. The van der Waals surface area contributed by atoms with E-state index < -0.39 is 17.1 Å². The summed E-state index contributed by atoms with van der Waals surface area (Å²) in [4.78, 5) is 42.3. The first-order valence-electron chi connectivity index (χ1n) is 16.6. The molecule has 0 spiro atoms. The summed E-state index contributed by atoms with van der Waals surface area (Å²) in [5, 5.41) is 19.0. The predicted molar refractivity (Wildman–Crippen MR) is 203 cm³/mol. The van der Waals surface area contributed by atoms with Gasteiger partial charge in [0.2, 0.25) is 5.91 Å². The minimum atomic E-state index is -0.522. The lowest BCUT2D eigenvalue weighted by molar-refractivity contribution is -0.116. The van der Waals surface area contributed by atoms with Crippen molar-refractivity contribution in [2.75, 3.05) is 17.7 Å². The van der Waals surface area contributed by atoms with Crippen molar-refractivity contribution < 1.29 is 19.1 Å². The fourth-order valence-electron chi connectivity index (χ4n) is 5.94. The summed E-state index contributed by atoms with van der Waals surface area (Å²) in [7, 11) is 1.54. The molecule has 0 bridgehead atoms. The van der Waals surface area contributed by atoms with Gasteiger partial charge in [0.05, 0.1) is 17.9 Å². The largest absolute Gasteiger partial charge is 0.496 e. The number of hydrogen-bond acceptors (Lipinski definition) is 7. The number of ether oxygens (including phenoxy) is 1. The number of rotatable bonds is 11. The number of methoxy groups -OCH3 is 1. The van der Waals surface area contributed by atoms with Crippen LogP contribution in [0.5, 0.6) is 5.75 Å². The number of nitrogens with zero attached hydrogens (tertiary/aromatic N) is 1. The minimum Gasteiger partial charge on any atom is -0.496 e. The minimum absolute atomic E-state index is 0.0352. The van der Waals surface area contributed by atoms with Gasteiger partial charge in [0.15, 0.2) is 0 Å². The first-order valence-corrected chi connectivity index (χ1v) is 18.3. The summed E-state index contributed by atoms with van der Waals surface area (Å²) in [6.45, 7) is 8.73. The summed E-state index contributed by atoms with van der Waals surface area (Å²) in [5.74, 6) is -0.0363. The van der Waals surface area contributed by atoms with Crippen LogP contribution in [-0.2, 0) is 22.4 Å². The molecule has 4 aromatic rings. The number of anilines is 2. The molecule has 3 aromatic carbocycles. The number of thiophene rings is 1. The van der Waals surface area contributed by atoms with Crippen molar-refractivity contribution in [2.45, 2.75) is 63.5 Å². The molecule has 2 atom stereocenters. The molecule has 8 nitrogen and oxygen atoms in total. The molecule has 50 heavy (non-hydrogen) atoms. The first kappa shape index (κ1) is 36.4. The molecule has 0 fully saturated rings. The Labute approximate surface area is 302 Å². The number of nitriles is 1. The smallest absolute Gasteiger partial charge is 0.272 e. The third-order valence-corrected chi connectivity index (χ3v) is 11.4. The van der Waals surface area contributed by atoms with Gasteiger partial charge >= 0.3 is 0 Å². The van der Waals surface area contributed by atoms with Crippen molar-refractivity contribution in [3.05, 3.63) is 112 Å². The number of fused-ring (bicyclic) bond motifs is 1. The predicted octanol–water partition coefficient (Wildman–Crippen LogP) is 8.70. The average Bonchev–Trinajstić information content (AvgIpc) is 3.46. The Morgan fingerprint density at radius 3 is 2.48 bits per heavy atom. The molecule has 1 aromatic heterocycles. The van der Waals surface area contributed by atoms with Crippen LogP contribution >= 0.6 is 23.1 Å². The van der Waals surface area contributed by atoms with Crippen LogP contribution in [0.3, 0.4) is 0 Å². The van der Waals surface area contributed by atoms with Gasteiger partial charge in [0.25, 0.3) is 11.8 Å². The molecule has 10 heteroatoms. The van der Waals surface area contributed by atoms with E-state index in [2.05, 4.69) is 42.8 Å². The summed E-state index contributed by atoms with van der Waals surface area (Å²) in [6.07, 6.45) is 4.94. The Hall–Kier alpha value is -4.85. The van der Waals surface area contributed by atoms with E-state index in [0.29, 0.717) is 45.5 Å². The highest BCUT2D eigenvalue weighted by Gasteiger charge is 2.33. The van der Waals surface area contributed by atoms with Gasteiger partial charge in [-0.2, -0.15) is 5.26 Å². The van der Waals surface area contributed by atoms with Crippen LogP contribution in [0.15, 0.2) is 89.5 Å². The topological polar surface area (TPSA) is 120 Å². The molecule has 5 rings (SSSR count). The molecule has 3 N–H and O–H groups in total. The van der Waals surface area contributed by atoms with E-state index in [1.807, 2.05) is 37.3 Å². The molecule has 1 aliphatic rings. The highest BCUT2D eigenvalue weighted by molar-refractivity contribution is 8.00. The van der Waals surface area contributed by atoms with E-state index in [0.717, 1.165) is 29.7 Å². The fourth-order valence-corrected chi connectivity index (χ4v) is 8.23.